The van der Waals surface area contributed by atoms with Gasteiger partial charge in [0.1, 0.15) is 11.4 Å². The highest BCUT2D eigenvalue weighted by molar-refractivity contribution is 8.01. The van der Waals surface area contributed by atoms with Crippen LogP contribution in [0.4, 0.5) is 0 Å². The number of amides is 2. The summed E-state index contributed by atoms with van der Waals surface area (Å²) in [5.41, 5.74) is 1.36. The van der Waals surface area contributed by atoms with Gasteiger partial charge in [0, 0.05) is 23.5 Å². The van der Waals surface area contributed by atoms with Crippen molar-refractivity contribution in [3.63, 3.8) is 0 Å². The first-order valence-electron chi connectivity index (χ1n) is 9.87. The second-order valence-corrected chi connectivity index (χ2v) is 9.75. The highest BCUT2D eigenvalue weighted by Crippen LogP contribution is 2.58. The van der Waals surface area contributed by atoms with E-state index in [2.05, 4.69) is 5.32 Å². The van der Waals surface area contributed by atoms with Crippen molar-refractivity contribution in [2.45, 2.75) is 56.4 Å². The van der Waals surface area contributed by atoms with E-state index in [-0.39, 0.29) is 23.3 Å². The third-order valence-electron chi connectivity index (χ3n) is 5.22. The number of fused-ring (bicyclic) bond motifs is 3. The molecule has 0 saturated carbocycles. The van der Waals surface area contributed by atoms with Crippen LogP contribution in [0.25, 0.3) is 0 Å². The Labute approximate surface area is 176 Å². The second kappa shape index (κ2) is 8.44. The predicted octanol–water partition coefficient (Wildman–Crippen LogP) is 2.98. The zero-order valence-corrected chi connectivity index (χ0v) is 18.7. The molecule has 1 aromatic carbocycles. The molecule has 2 heterocycles. The van der Waals surface area contributed by atoms with Crippen LogP contribution in [0.1, 0.15) is 55.4 Å². The minimum absolute atomic E-state index is 0.137. The molecule has 0 bridgehead atoms. The van der Waals surface area contributed by atoms with E-state index in [0.717, 1.165) is 12.0 Å². The fraction of sp³-hybridized carbons (Fsp3) is 0.619. The van der Waals surface area contributed by atoms with E-state index in [9.17, 15) is 9.59 Å². The Bertz CT molecular complexity index is 796. The normalized spacial score (nSPS) is 21.9. The number of hydrogen-bond acceptors (Lipinski definition) is 6. The molecule has 2 aliphatic rings. The van der Waals surface area contributed by atoms with Gasteiger partial charge in [0.25, 0.3) is 5.91 Å². The summed E-state index contributed by atoms with van der Waals surface area (Å²) < 4.78 is 15.9. The maximum absolute atomic E-state index is 13.4. The van der Waals surface area contributed by atoms with E-state index in [4.69, 9.17) is 14.2 Å². The summed E-state index contributed by atoms with van der Waals surface area (Å²) in [5, 5.41) is 2.77. The van der Waals surface area contributed by atoms with Crippen molar-refractivity contribution in [3.8, 4) is 11.5 Å². The second-order valence-electron chi connectivity index (χ2n) is 8.02. The fourth-order valence-corrected chi connectivity index (χ4v) is 5.53. The third kappa shape index (κ3) is 3.92. The molecule has 160 valence electrons. The number of ether oxygens (including phenoxy) is 3. The van der Waals surface area contributed by atoms with Gasteiger partial charge in [-0.05, 0) is 40.2 Å². The summed E-state index contributed by atoms with van der Waals surface area (Å²) >= 11 is 1.62. The highest BCUT2D eigenvalue weighted by atomic mass is 32.2. The highest BCUT2D eigenvalue weighted by Gasteiger charge is 2.58. The Balaban J connectivity index is 1.81. The number of nitrogens with one attached hydrogen (secondary N) is 1. The number of benzene rings is 1. The number of hydrogen-bond donors (Lipinski definition) is 1. The van der Waals surface area contributed by atoms with Crippen LogP contribution in [0.5, 0.6) is 11.5 Å². The summed E-state index contributed by atoms with van der Waals surface area (Å²) in [4.78, 5) is 28.1. The zero-order valence-electron chi connectivity index (χ0n) is 17.9. The fourth-order valence-electron chi connectivity index (χ4n) is 3.96. The molecule has 0 aliphatic carbocycles. The van der Waals surface area contributed by atoms with Crippen molar-refractivity contribution in [2.24, 2.45) is 0 Å². The Morgan fingerprint density at radius 3 is 2.62 bits per heavy atom. The van der Waals surface area contributed by atoms with Gasteiger partial charge in [0.15, 0.2) is 11.5 Å². The zero-order chi connectivity index (χ0) is 21.3. The van der Waals surface area contributed by atoms with Crippen LogP contribution in [-0.2, 0) is 9.53 Å². The number of carbonyl (C=O) groups is 2. The van der Waals surface area contributed by atoms with Crippen LogP contribution in [-0.4, -0.2) is 61.0 Å². The molecule has 2 amide bonds. The largest absolute Gasteiger partial charge is 0.493 e. The van der Waals surface area contributed by atoms with Gasteiger partial charge in [0.05, 0.1) is 25.9 Å². The first-order chi connectivity index (χ1) is 13.7. The SMILES string of the molecule is COc1ccc2c(c1OC)C(=O)N1[C@@H]2SC(C)(C)[C@@H]1C(=O)NCCCOC(C)C. The monoisotopic (exact) mass is 422 g/mol. The number of nitrogens with zero attached hydrogens (tertiary/aromatic N) is 1. The first kappa shape index (κ1) is 21.8. The maximum Gasteiger partial charge on any atom is 0.260 e. The van der Waals surface area contributed by atoms with Gasteiger partial charge in [-0.25, -0.2) is 0 Å². The first-order valence-corrected chi connectivity index (χ1v) is 10.8. The minimum Gasteiger partial charge on any atom is -0.493 e. The standard InChI is InChI=1S/C21H30N2O5S/c1-12(2)28-11-7-10-22-18(24)17-21(3,4)29-20-13-8-9-14(26-5)16(27-6)15(13)19(25)23(17)20/h8-9,12,17,20H,7,10-11H2,1-6H3,(H,22,24)/t17-,20+/m0/s1. The molecule has 2 aliphatic heterocycles. The average Bonchev–Trinajstić information content (AvgIpc) is 3.09. The van der Waals surface area contributed by atoms with Crippen molar-refractivity contribution in [1.29, 1.82) is 0 Å². The van der Waals surface area contributed by atoms with Crippen LogP contribution >= 0.6 is 11.8 Å². The number of thioether (sulfide) groups is 1. The van der Waals surface area contributed by atoms with E-state index >= 15 is 0 Å². The number of methoxy groups -OCH3 is 2. The lowest BCUT2D eigenvalue weighted by Crippen LogP contribution is -2.52. The van der Waals surface area contributed by atoms with E-state index in [1.165, 1.54) is 7.11 Å². The molecule has 0 spiro atoms. The number of rotatable bonds is 8. The van der Waals surface area contributed by atoms with Crippen LogP contribution in [0.15, 0.2) is 12.1 Å². The van der Waals surface area contributed by atoms with E-state index in [0.29, 0.717) is 30.2 Å². The predicted molar refractivity (Wildman–Crippen MR) is 113 cm³/mol. The van der Waals surface area contributed by atoms with E-state index in [1.54, 1.807) is 23.8 Å². The van der Waals surface area contributed by atoms with Gasteiger partial charge >= 0.3 is 0 Å². The molecule has 1 saturated heterocycles. The number of carbonyl (C=O) groups excluding carboxylic acids is 2. The lowest BCUT2D eigenvalue weighted by Gasteiger charge is -2.29. The van der Waals surface area contributed by atoms with Crippen LogP contribution in [0.3, 0.4) is 0 Å². The quantitative estimate of drug-likeness (QED) is 0.649. The van der Waals surface area contributed by atoms with Gasteiger partial charge in [-0.3, -0.25) is 9.59 Å². The van der Waals surface area contributed by atoms with Crippen LogP contribution in [0, 0.1) is 0 Å². The van der Waals surface area contributed by atoms with Crippen molar-refractivity contribution >= 4 is 23.6 Å². The molecular weight excluding hydrogens is 392 g/mol. The Morgan fingerprint density at radius 2 is 2.00 bits per heavy atom. The molecule has 0 aromatic heterocycles. The molecule has 29 heavy (non-hydrogen) atoms. The van der Waals surface area contributed by atoms with Crippen LogP contribution < -0.4 is 14.8 Å². The maximum atomic E-state index is 13.4. The summed E-state index contributed by atoms with van der Waals surface area (Å²) in [6.45, 7) is 9.09. The smallest absolute Gasteiger partial charge is 0.260 e. The Morgan fingerprint density at radius 1 is 1.28 bits per heavy atom. The van der Waals surface area contributed by atoms with E-state index in [1.807, 2.05) is 39.8 Å². The Hall–Kier alpha value is -1.93. The average molecular weight is 423 g/mol. The molecule has 2 atom stereocenters. The molecule has 7 nitrogen and oxygen atoms in total. The van der Waals surface area contributed by atoms with E-state index < -0.39 is 10.8 Å². The van der Waals surface area contributed by atoms with Gasteiger partial charge < -0.3 is 24.4 Å². The van der Waals surface area contributed by atoms with Gasteiger partial charge in [0.2, 0.25) is 5.91 Å². The lowest BCUT2D eigenvalue weighted by molar-refractivity contribution is -0.126. The van der Waals surface area contributed by atoms with Gasteiger partial charge in [-0.2, -0.15) is 0 Å². The molecule has 1 aromatic rings. The van der Waals surface area contributed by atoms with Crippen molar-refractivity contribution in [1.82, 2.24) is 10.2 Å². The van der Waals surface area contributed by atoms with Gasteiger partial charge in [-0.1, -0.05) is 6.07 Å². The van der Waals surface area contributed by atoms with Crippen molar-refractivity contribution < 1.29 is 23.8 Å². The summed E-state index contributed by atoms with van der Waals surface area (Å²) in [7, 11) is 3.07. The lowest BCUT2D eigenvalue weighted by atomic mass is 10.0. The molecule has 3 rings (SSSR count). The van der Waals surface area contributed by atoms with Crippen LogP contribution in [0.2, 0.25) is 0 Å². The Kier molecular flexibility index (Phi) is 6.33. The molecular formula is C21H30N2O5S. The van der Waals surface area contributed by atoms with Crippen molar-refractivity contribution in [3.05, 3.63) is 23.3 Å². The molecule has 8 heteroatoms. The topological polar surface area (TPSA) is 77.1 Å². The molecule has 1 N–H and O–H groups in total. The summed E-state index contributed by atoms with van der Waals surface area (Å²) in [6, 6.07) is 3.13. The molecule has 0 radical (unpaired) electrons. The third-order valence-corrected chi connectivity index (χ3v) is 6.75. The van der Waals surface area contributed by atoms with Crippen molar-refractivity contribution in [2.75, 3.05) is 27.4 Å². The summed E-state index contributed by atoms with van der Waals surface area (Å²) in [5.74, 6) is 0.604. The molecule has 0 unspecified atom stereocenters. The summed E-state index contributed by atoms with van der Waals surface area (Å²) in [6.07, 6.45) is 0.900. The minimum atomic E-state index is -0.570. The molecule has 1 fully saturated rings. The van der Waals surface area contributed by atoms with Gasteiger partial charge in [-0.15, -0.1) is 11.8 Å².